The van der Waals surface area contributed by atoms with Crippen LogP contribution >= 0.6 is 0 Å². The number of hydrogen-bond donors (Lipinski definition) is 2. The molecule has 1 aromatic carbocycles. The summed E-state index contributed by atoms with van der Waals surface area (Å²) in [6.07, 6.45) is 1.54. The van der Waals surface area contributed by atoms with E-state index >= 15 is 0 Å². The lowest BCUT2D eigenvalue weighted by molar-refractivity contribution is -0.119. The van der Waals surface area contributed by atoms with Crippen molar-refractivity contribution in [2.45, 2.75) is 25.8 Å². The van der Waals surface area contributed by atoms with Crippen molar-refractivity contribution in [1.82, 2.24) is 4.90 Å². The van der Waals surface area contributed by atoms with E-state index in [1.54, 1.807) is 23.1 Å². The summed E-state index contributed by atoms with van der Waals surface area (Å²) in [6.45, 7) is 2.01. The first-order valence-electron chi connectivity index (χ1n) is 6.60. The SMILES string of the molecule is CC(=O)Nc1ccc2c(c1)C(=O)N1CCC[C@@H]1C(=O)N2. The number of fused-ring (bicyclic) bond motifs is 2. The highest BCUT2D eigenvalue weighted by Gasteiger charge is 2.38. The third kappa shape index (κ3) is 2.03. The highest BCUT2D eigenvalue weighted by atomic mass is 16.2. The van der Waals surface area contributed by atoms with E-state index in [1.165, 1.54) is 6.92 Å². The smallest absolute Gasteiger partial charge is 0.256 e. The monoisotopic (exact) mass is 273 g/mol. The van der Waals surface area contributed by atoms with E-state index in [0.29, 0.717) is 29.9 Å². The Morgan fingerprint density at radius 1 is 1.40 bits per heavy atom. The average Bonchev–Trinajstić information content (AvgIpc) is 2.85. The van der Waals surface area contributed by atoms with Gasteiger partial charge in [-0.15, -0.1) is 0 Å². The van der Waals surface area contributed by atoms with E-state index in [9.17, 15) is 14.4 Å². The molecule has 3 amide bonds. The van der Waals surface area contributed by atoms with Crippen LogP contribution in [0.25, 0.3) is 0 Å². The number of amides is 3. The molecule has 1 fully saturated rings. The molecular weight excluding hydrogens is 258 g/mol. The molecule has 0 bridgehead atoms. The topological polar surface area (TPSA) is 78.5 Å². The quantitative estimate of drug-likeness (QED) is 0.807. The largest absolute Gasteiger partial charge is 0.327 e. The zero-order chi connectivity index (χ0) is 14.3. The Morgan fingerprint density at radius 2 is 2.20 bits per heavy atom. The molecule has 0 aliphatic carbocycles. The summed E-state index contributed by atoms with van der Waals surface area (Å²) in [7, 11) is 0. The Hall–Kier alpha value is -2.37. The summed E-state index contributed by atoms with van der Waals surface area (Å²) in [5.74, 6) is -0.496. The van der Waals surface area contributed by atoms with E-state index in [4.69, 9.17) is 0 Å². The normalized spacial score (nSPS) is 20.9. The summed E-state index contributed by atoms with van der Waals surface area (Å²) in [5, 5.41) is 5.44. The van der Waals surface area contributed by atoms with Crippen molar-refractivity contribution in [1.29, 1.82) is 0 Å². The van der Waals surface area contributed by atoms with Crippen LogP contribution in [0.15, 0.2) is 18.2 Å². The highest BCUT2D eigenvalue weighted by molar-refractivity contribution is 6.11. The van der Waals surface area contributed by atoms with Gasteiger partial charge in [-0.05, 0) is 31.0 Å². The fourth-order valence-corrected chi connectivity index (χ4v) is 2.76. The summed E-state index contributed by atoms with van der Waals surface area (Å²) >= 11 is 0. The molecule has 1 saturated heterocycles. The molecule has 0 aromatic heterocycles. The lowest BCUT2D eigenvalue weighted by atomic mass is 10.1. The van der Waals surface area contributed by atoms with Gasteiger partial charge in [0.1, 0.15) is 6.04 Å². The number of nitrogens with zero attached hydrogens (tertiary/aromatic N) is 1. The number of rotatable bonds is 1. The fraction of sp³-hybridized carbons (Fsp3) is 0.357. The second-order valence-corrected chi connectivity index (χ2v) is 5.09. The van der Waals surface area contributed by atoms with Gasteiger partial charge < -0.3 is 15.5 Å². The molecule has 6 nitrogen and oxygen atoms in total. The number of hydrogen-bond acceptors (Lipinski definition) is 3. The number of benzene rings is 1. The first-order chi connectivity index (χ1) is 9.56. The maximum absolute atomic E-state index is 12.5. The molecule has 6 heteroatoms. The van der Waals surface area contributed by atoms with Gasteiger partial charge in [0.15, 0.2) is 0 Å². The molecular formula is C14H15N3O3. The average molecular weight is 273 g/mol. The number of carbonyl (C=O) groups excluding carboxylic acids is 3. The molecule has 3 rings (SSSR count). The van der Waals surface area contributed by atoms with Crippen molar-refractivity contribution >= 4 is 29.1 Å². The second kappa shape index (κ2) is 4.63. The lowest BCUT2D eigenvalue weighted by Crippen LogP contribution is -2.40. The molecule has 0 saturated carbocycles. The minimum atomic E-state index is -0.376. The van der Waals surface area contributed by atoms with E-state index in [2.05, 4.69) is 10.6 Å². The van der Waals surface area contributed by atoms with Gasteiger partial charge >= 0.3 is 0 Å². The summed E-state index contributed by atoms with van der Waals surface area (Å²) in [6, 6.07) is 4.56. The molecule has 2 heterocycles. The summed E-state index contributed by atoms with van der Waals surface area (Å²) in [4.78, 5) is 37.3. The van der Waals surface area contributed by atoms with Crippen LogP contribution in [-0.4, -0.2) is 35.2 Å². The highest BCUT2D eigenvalue weighted by Crippen LogP contribution is 2.30. The molecule has 0 unspecified atom stereocenters. The summed E-state index contributed by atoms with van der Waals surface area (Å²) < 4.78 is 0. The Morgan fingerprint density at radius 3 is 2.95 bits per heavy atom. The van der Waals surface area contributed by atoms with Gasteiger partial charge in [0.05, 0.1) is 11.3 Å². The van der Waals surface area contributed by atoms with Crippen LogP contribution in [0.5, 0.6) is 0 Å². The minimum absolute atomic E-state index is 0.137. The van der Waals surface area contributed by atoms with Gasteiger partial charge in [0.2, 0.25) is 11.8 Å². The van der Waals surface area contributed by atoms with Crippen molar-refractivity contribution in [3.63, 3.8) is 0 Å². The predicted molar refractivity (Wildman–Crippen MR) is 73.4 cm³/mol. The maximum atomic E-state index is 12.5. The number of carbonyl (C=O) groups is 3. The zero-order valence-corrected chi connectivity index (χ0v) is 11.1. The van der Waals surface area contributed by atoms with Crippen molar-refractivity contribution < 1.29 is 14.4 Å². The lowest BCUT2D eigenvalue weighted by Gasteiger charge is -2.20. The van der Waals surface area contributed by atoms with Crippen molar-refractivity contribution in [2.75, 3.05) is 17.2 Å². The van der Waals surface area contributed by atoms with Gasteiger partial charge in [-0.25, -0.2) is 0 Å². The van der Waals surface area contributed by atoms with E-state index < -0.39 is 0 Å². The van der Waals surface area contributed by atoms with E-state index in [1.807, 2.05) is 0 Å². The number of nitrogens with one attached hydrogen (secondary N) is 2. The molecule has 0 spiro atoms. The van der Waals surface area contributed by atoms with Crippen LogP contribution in [0.1, 0.15) is 30.1 Å². The molecule has 20 heavy (non-hydrogen) atoms. The van der Waals surface area contributed by atoms with Crippen LogP contribution in [-0.2, 0) is 9.59 Å². The Kier molecular flexibility index (Phi) is 2.93. The van der Waals surface area contributed by atoms with Crippen LogP contribution in [0.4, 0.5) is 11.4 Å². The van der Waals surface area contributed by atoms with Crippen molar-refractivity contribution in [2.24, 2.45) is 0 Å². The second-order valence-electron chi connectivity index (χ2n) is 5.09. The molecule has 1 aromatic rings. The molecule has 2 aliphatic heterocycles. The van der Waals surface area contributed by atoms with E-state index in [0.717, 1.165) is 6.42 Å². The molecule has 2 N–H and O–H groups in total. The van der Waals surface area contributed by atoms with Crippen molar-refractivity contribution in [3.05, 3.63) is 23.8 Å². The predicted octanol–water partition coefficient (Wildman–Crippen LogP) is 1.20. The van der Waals surface area contributed by atoms with Crippen molar-refractivity contribution in [3.8, 4) is 0 Å². The number of anilines is 2. The standard InChI is InChI=1S/C14H15N3O3/c1-8(18)15-9-4-5-11-10(7-9)14(20)17-6-2-3-12(17)13(19)16-11/h4-5,7,12H,2-3,6H2,1H3,(H,15,18)(H,16,19)/t12-/m1/s1. The van der Waals surface area contributed by atoms with Gasteiger partial charge in [0.25, 0.3) is 5.91 Å². The zero-order valence-electron chi connectivity index (χ0n) is 11.1. The van der Waals surface area contributed by atoms with Crippen LogP contribution in [0.3, 0.4) is 0 Å². The Labute approximate surface area is 116 Å². The maximum Gasteiger partial charge on any atom is 0.256 e. The van der Waals surface area contributed by atoms with E-state index in [-0.39, 0.29) is 23.8 Å². The van der Waals surface area contributed by atoms with Crippen LogP contribution in [0.2, 0.25) is 0 Å². The first kappa shape index (κ1) is 12.7. The molecule has 2 aliphatic rings. The van der Waals surface area contributed by atoms with Crippen LogP contribution < -0.4 is 10.6 Å². The third-order valence-corrected chi connectivity index (χ3v) is 3.64. The van der Waals surface area contributed by atoms with Crippen LogP contribution in [0, 0.1) is 0 Å². The van der Waals surface area contributed by atoms with Gasteiger partial charge in [-0.3, -0.25) is 14.4 Å². The molecule has 1 atom stereocenters. The molecule has 0 radical (unpaired) electrons. The first-order valence-corrected chi connectivity index (χ1v) is 6.60. The van der Waals surface area contributed by atoms with Gasteiger partial charge in [-0.1, -0.05) is 0 Å². The van der Waals surface area contributed by atoms with Gasteiger partial charge in [-0.2, -0.15) is 0 Å². The molecule has 104 valence electrons. The van der Waals surface area contributed by atoms with Gasteiger partial charge in [0, 0.05) is 19.2 Å². The minimum Gasteiger partial charge on any atom is -0.327 e. The Balaban J connectivity index is 2.02. The third-order valence-electron chi connectivity index (χ3n) is 3.64. The summed E-state index contributed by atoms with van der Waals surface area (Å²) in [5.41, 5.74) is 1.48. The Bertz CT molecular complexity index is 612. The fourth-order valence-electron chi connectivity index (χ4n) is 2.76.